The predicted molar refractivity (Wildman–Crippen MR) is 169 cm³/mol. The van der Waals surface area contributed by atoms with Gasteiger partial charge < -0.3 is 45.4 Å². The molecule has 7 N–H and O–H groups in total. The fourth-order valence-electron chi connectivity index (χ4n) is 6.06. The topological polar surface area (TPSA) is 211 Å². The van der Waals surface area contributed by atoms with Crippen molar-refractivity contribution >= 4 is 40.9 Å². The van der Waals surface area contributed by atoms with Crippen LogP contribution in [0.25, 0.3) is 20.8 Å². The highest BCUT2D eigenvalue weighted by molar-refractivity contribution is 7.23. The summed E-state index contributed by atoms with van der Waals surface area (Å²) in [5, 5.41) is 59.8. The van der Waals surface area contributed by atoms with Crippen LogP contribution >= 0.6 is 11.3 Å². The van der Waals surface area contributed by atoms with Gasteiger partial charge in [-0.1, -0.05) is 31.1 Å². The van der Waals surface area contributed by atoms with Crippen LogP contribution in [-0.2, 0) is 19.1 Å². The molecule has 4 atom stereocenters. The minimum absolute atomic E-state index is 0.0330. The molecular formula is C29H34BF4N7O8S. The van der Waals surface area contributed by atoms with Gasteiger partial charge in [0, 0.05) is 12.1 Å². The SMILES string of the molecule is [B]C(O)(O)Oc1nn(C(O)(O)O)cc1C(=O)NCc1nc(-c2sc3c(NC4CC(CC)N(C)C(CC)C4F)cccc3c2CC(F)(F)F)no1. The Morgan fingerprint density at radius 1 is 1.18 bits per heavy atom. The maximum absolute atomic E-state index is 15.7. The average Bonchev–Trinajstić information content (AvgIpc) is 3.74. The van der Waals surface area contributed by atoms with Crippen molar-refractivity contribution in [3.8, 4) is 16.6 Å². The second kappa shape index (κ2) is 14.0. The molecule has 21 heteroatoms. The molecule has 1 aliphatic heterocycles. The number of thiophene rings is 1. The van der Waals surface area contributed by atoms with E-state index in [0.717, 1.165) is 17.8 Å². The zero-order valence-corrected chi connectivity index (χ0v) is 27.7. The lowest BCUT2D eigenvalue weighted by molar-refractivity contribution is -0.381. The van der Waals surface area contributed by atoms with Gasteiger partial charge in [0.25, 0.3) is 11.8 Å². The molecule has 0 bridgehead atoms. The van der Waals surface area contributed by atoms with E-state index >= 15 is 4.39 Å². The molecule has 1 amide bonds. The molecule has 270 valence electrons. The number of aromatic nitrogens is 4. The largest absolute Gasteiger partial charge is 0.429 e. The minimum atomic E-state index is -4.61. The van der Waals surface area contributed by atoms with Crippen LogP contribution in [0.4, 0.5) is 23.2 Å². The van der Waals surface area contributed by atoms with Gasteiger partial charge in [-0.15, -0.1) is 16.4 Å². The molecule has 4 unspecified atom stereocenters. The molecule has 5 rings (SSSR count). The molecule has 0 aliphatic carbocycles. The van der Waals surface area contributed by atoms with Crippen LogP contribution < -0.4 is 15.4 Å². The highest BCUT2D eigenvalue weighted by Gasteiger charge is 2.41. The van der Waals surface area contributed by atoms with Crippen molar-refractivity contribution in [1.29, 1.82) is 0 Å². The zero-order valence-electron chi connectivity index (χ0n) is 26.8. The van der Waals surface area contributed by atoms with E-state index in [1.807, 2.05) is 25.8 Å². The number of nitrogens with one attached hydrogen (secondary N) is 2. The molecule has 4 heterocycles. The molecule has 1 aliphatic rings. The number of anilines is 1. The van der Waals surface area contributed by atoms with E-state index in [0.29, 0.717) is 29.4 Å². The summed E-state index contributed by atoms with van der Waals surface area (Å²) in [5.41, 5.74) is -0.330. The molecule has 1 aromatic carbocycles. The Labute approximate surface area is 286 Å². The van der Waals surface area contributed by atoms with Gasteiger partial charge in [-0.2, -0.15) is 22.8 Å². The summed E-state index contributed by atoms with van der Waals surface area (Å²) in [4.78, 5) is 19.1. The maximum atomic E-state index is 15.7. The number of fused-ring (bicyclic) bond motifs is 1. The number of nitrogens with zero attached hydrogens (tertiary/aromatic N) is 5. The van der Waals surface area contributed by atoms with Crippen molar-refractivity contribution in [3.05, 3.63) is 41.4 Å². The standard InChI is InChI=1S/C29H34BF4N7O8S/c1-4-13-9-18(21(31)19(5-2)40(13)3)36-17-8-6-7-14-15(10-27(32,33)34)23(50-22(14)17)24-37-20(49-39-24)11-35-25(42)16-12-41(29(45,46)47)38-26(16)48-28(30,43)44/h6-8,12-13,18-19,21,36,43-47H,4-5,9-11H2,1-3H3,(H,35,42). The molecule has 50 heavy (non-hydrogen) atoms. The quantitative estimate of drug-likeness (QED) is 0.0632. The van der Waals surface area contributed by atoms with Gasteiger partial charge in [0.1, 0.15) is 11.7 Å². The number of likely N-dealkylation sites (tertiary alicyclic amines) is 1. The Hall–Kier alpha value is -3.86. The first kappa shape index (κ1) is 37.4. The van der Waals surface area contributed by atoms with E-state index in [-0.39, 0.29) is 44.3 Å². The number of amides is 1. The maximum Gasteiger partial charge on any atom is 0.393 e. The second-order valence-electron chi connectivity index (χ2n) is 11.9. The molecule has 0 spiro atoms. The molecule has 1 fully saturated rings. The summed E-state index contributed by atoms with van der Waals surface area (Å²) in [7, 11) is 6.84. The van der Waals surface area contributed by atoms with Crippen LogP contribution in [0.3, 0.4) is 0 Å². The fraction of sp³-hybridized carbons (Fsp3) is 0.517. The normalized spacial score (nSPS) is 20.7. The van der Waals surface area contributed by atoms with Gasteiger partial charge in [0.2, 0.25) is 25.4 Å². The smallest absolute Gasteiger partial charge is 0.393 e. The number of ether oxygens (including phenoxy) is 1. The Morgan fingerprint density at radius 3 is 2.52 bits per heavy atom. The number of hydrogen-bond donors (Lipinski definition) is 7. The molecule has 2 radical (unpaired) electrons. The second-order valence-corrected chi connectivity index (χ2v) is 12.9. The number of carbonyl (C=O) groups is 1. The summed E-state index contributed by atoms with van der Waals surface area (Å²) in [6.45, 7) is 3.41. The third kappa shape index (κ3) is 8.19. The van der Waals surface area contributed by atoms with Crippen LogP contribution in [0, 0.1) is 0 Å². The van der Waals surface area contributed by atoms with E-state index in [1.54, 1.807) is 12.1 Å². The number of rotatable bonds is 12. The Morgan fingerprint density at radius 2 is 1.90 bits per heavy atom. The van der Waals surface area contributed by atoms with Crippen LogP contribution in [0.1, 0.15) is 54.9 Å². The number of halogens is 4. The lowest BCUT2D eigenvalue weighted by Crippen LogP contribution is -2.57. The van der Waals surface area contributed by atoms with E-state index in [1.165, 1.54) is 6.07 Å². The lowest BCUT2D eigenvalue weighted by Gasteiger charge is -2.45. The van der Waals surface area contributed by atoms with Crippen molar-refractivity contribution < 1.29 is 57.1 Å². The average molecular weight is 728 g/mol. The lowest BCUT2D eigenvalue weighted by atomic mass is 9.87. The number of aliphatic hydroxyl groups is 5. The molecule has 1 saturated heterocycles. The summed E-state index contributed by atoms with van der Waals surface area (Å²) < 4.78 is 67.5. The van der Waals surface area contributed by atoms with Crippen LogP contribution in [0.2, 0.25) is 0 Å². The van der Waals surface area contributed by atoms with Gasteiger partial charge >= 0.3 is 12.3 Å². The van der Waals surface area contributed by atoms with E-state index < -0.39 is 60.7 Å². The van der Waals surface area contributed by atoms with Crippen molar-refractivity contribution in [2.45, 2.75) is 88.5 Å². The highest BCUT2D eigenvalue weighted by Crippen LogP contribution is 2.44. The first-order valence-corrected chi connectivity index (χ1v) is 16.2. The van der Waals surface area contributed by atoms with Crippen molar-refractivity contribution in [3.63, 3.8) is 0 Å². The number of benzene rings is 1. The summed E-state index contributed by atoms with van der Waals surface area (Å²) in [6, 6.07) is 4.00. The number of piperidine rings is 1. The monoisotopic (exact) mass is 727 g/mol. The predicted octanol–water partition coefficient (Wildman–Crippen LogP) is 1.88. The molecule has 3 aromatic heterocycles. The van der Waals surface area contributed by atoms with E-state index in [9.17, 15) is 43.5 Å². The van der Waals surface area contributed by atoms with Gasteiger partial charge in [-0.25, -0.2) is 4.39 Å². The number of carbonyl (C=O) groups excluding carboxylic acids is 1. The summed E-state index contributed by atoms with van der Waals surface area (Å²) in [5.74, 6) is -5.88. The summed E-state index contributed by atoms with van der Waals surface area (Å²) >= 11 is 0.969. The minimum Gasteiger partial charge on any atom is -0.429 e. The third-order valence-electron chi connectivity index (χ3n) is 8.35. The van der Waals surface area contributed by atoms with Crippen LogP contribution in [0.15, 0.2) is 28.9 Å². The fourth-order valence-corrected chi connectivity index (χ4v) is 7.28. The number of hydrogen-bond acceptors (Lipinski definition) is 14. The Balaban J connectivity index is 1.43. The van der Waals surface area contributed by atoms with Crippen molar-refractivity contribution in [1.82, 2.24) is 30.1 Å². The number of alkyl halides is 4. The highest BCUT2D eigenvalue weighted by atomic mass is 32.1. The van der Waals surface area contributed by atoms with E-state index in [4.69, 9.17) is 12.4 Å². The Bertz CT molecular complexity index is 1820. The Kier molecular flexibility index (Phi) is 10.5. The molecule has 4 aromatic rings. The van der Waals surface area contributed by atoms with Crippen LogP contribution in [0.5, 0.6) is 5.88 Å². The van der Waals surface area contributed by atoms with Gasteiger partial charge in [0.15, 0.2) is 0 Å². The molecule has 0 saturated carbocycles. The third-order valence-corrected chi connectivity index (χ3v) is 9.63. The first-order valence-electron chi connectivity index (χ1n) is 15.3. The van der Waals surface area contributed by atoms with Gasteiger partial charge in [0.05, 0.1) is 40.5 Å². The van der Waals surface area contributed by atoms with Crippen molar-refractivity contribution in [2.75, 3.05) is 12.4 Å². The molecular weight excluding hydrogens is 693 g/mol. The van der Waals surface area contributed by atoms with E-state index in [2.05, 4.69) is 30.6 Å². The van der Waals surface area contributed by atoms with Crippen LogP contribution in [-0.4, -0.2) is 108 Å². The first-order chi connectivity index (χ1) is 23.3. The summed E-state index contributed by atoms with van der Waals surface area (Å²) in [6.07, 6.45) is -8.33. The zero-order chi connectivity index (χ0) is 36.8. The van der Waals surface area contributed by atoms with Gasteiger partial charge in [-0.3, -0.25) is 9.69 Å². The van der Waals surface area contributed by atoms with Crippen molar-refractivity contribution in [2.24, 2.45) is 0 Å². The molecule has 15 nitrogen and oxygen atoms in total. The van der Waals surface area contributed by atoms with Gasteiger partial charge in [-0.05, 0) is 43.3 Å².